The van der Waals surface area contributed by atoms with E-state index in [4.69, 9.17) is 0 Å². The molecule has 0 heterocycles. The van der Waals surface area contributed by atoms with Crippen LogP contribution in [0.25, 0.3) is 10.8 Å². The lowest BCUT2D eigenvalue weighted by Gasteiger charge is -2.18. The van der Waals surface area contributed by atoms with Crippen molar-refractivity contribution in [1.29, 1.82) is 0 Å². The van der Waals surface area contributed by atoms with Gasteiger partial charge in [0.15, 0.2) is 0 Å². The van der Waals surface area contributed by atoms with Gasteiger partial charge in [-0.15, -0.1) is 0 Å². The molecule has 1 unspecified atom stereocenters. The molecule has 1 atom stereocenters. The third-order valence-corrected chi connectivity index (χ3v) is 4.46. The van der Waals surface area contributed by atoms with Crippen LogP contribution < -0.4 is 0 Å². The van der Waals surface area contributed by atoms with Crippen molar-refractivity contribution in [2.45, 2.75) is 59.3 Å². The standard InChI is InChI=1S/C21H30/c1-4-5-8-18(12-11-17(2)3)15-19-13-14-20-9-6-7-10-21(20)16-19/h6-7,9-10,13-14,16-18H,4-5,8,11-12,15H2,1-3H3. The van der Waals surface area contributed by atoms with E-state index in [1.807, 2.05) is 0 Å². The van der Waals surface area contributed by atoms with Gasteiger partial charge in [-0.3, -0.25) is 0 Å². The quantitative estimate of drug-likeness (QED) is 0.510. The van der Waals surface area contributed by atoms with E-state index < -0.39 is 0 Å². The Kier molecular flexibility index (Phi) is 6.29. The maximum atomic E-state index is 2.39. The molecule has 114 valence electrons. The first-order chi connectivity index (χ1) is 10.2. The topological polar surface area (TPSA) is 0 Å². The van der Waals surface area contributed by atoms with Crippen LogP contribution in [0.4, 0.5) is 0 Å². The molecule has 0 aromatic heterocycles. The van der Waals surface area contributed by atoms with Gasteiger partial charge in [-0.1, -0.05) is 88.9 Å². The minimum Gasteiger partial charge on any atom is -0.0654 e. The van der Waals surface area contributed by atoms with Gasteiger partial charge < -0.3 is 0 Å². The van der Waals surface area contributed by atoms with Gasteiger partial charge in [0, 0.05) is 0 Å². The molecule has 2 rings (SSSR count). The average Bonchev–Trinajstić information content (AvgIpc) is 2.49. The van der Waals surface area contributed by atoms with Crippen LogP contribution in [0.2, 0.25) is 0 Å². The number of hydrogen-bond acceptors (Lipinski definition) is 0. The predicted molar refractivity (Wildman–Crippen MR) is 94.7 cm³/mol. The van der Waals surface area contributed by atoms with Crippen LogP contribution in [0.5, 0.6) is 0 Å². The van der Waals surface area contributed by atoms with E-state index in [0.29, 0.717) is 0 Å². The smallest absolute Gasteiger partial charge is 0.0181 e. The van der Waals surface area contributed by atoms with Crippen LogP contribution in [0.1, 0.15) is 58.4 Å². The van der Waals surface area contributed by atoms with E-state index in [2.05, 4.69) is 63.2 Å². The summed E-state index contributed by atoms with van der Waals surface area (Å²) in [6.45, 7) is 6.98. The Morgan fingerprint density at radius 2 is 1.62 bits per heavy atom. The second-order valence-electron chi connectivity index (χ2n) is 6.87. The van der Waals surface area contributed by atoms with Gasteiger partial charge in [0.1, 0.15) is 0 Å². The molecule has 0 amide bonds. The van der Waals surface area contributed by atoms with Crippen LogP contribution in [0.15, 0.2) is 42.5 Å². The molecule has 0 nitrogen and oxygen atoms in total. The third-order valence-electron chi connectivity index (χ3n) is 4.46. The lowest BCUT2D eigenvalue weighted by atomic mass is 9.87. The molecule has 0 saturated heterocycles. The summed E-state index contributed by atoms with van der Waals surface area (Å²) in [5.41, 5.74) is 1.51. The Morgan fingerprint density at radius 3 is 2.33 bits per heavy atom. The van der Waals surface area contributed by atoms with Gasteiger partial charge in [-0.2, -0.15) is 0 Å². The lowest BCUT2D eigenvalue weighted by molar-refractivity contribution is 0.388. The Balaban J connectivity index is 2.05. The first kappa shape index (κ1) is 16.1. The van der Waals surface area contributed by atoms with Crippen molar-refractivity contribution in [1.82, 2.24) is 0 Å². The minimum atomic E-state index is 0.825. The van der Waals surface area contributed by atoms with E-state index in [-0.39, 0.29) is 0 Å². The maximum Gasteiger partial charge on any atom is -0.0181 e. The second-order valence-corrected chi connectivity index (χ2v) is 6.87. The van der Waals surface area contributed by atoms with Crippen molar-refractivity contribution in [3.63, 3.8) is 0 Å². The summed E-state index contributed by atoms with van der Waals surface area (Å²) in [6.07, 6.45) is 8.06. The Labute approximate surface area is 130 Å². The first-order valence-corrected chi connectivity index (χ1v) is 8.66. The number of benzene rings is 2. The van der Waals surface area contributed by atoms with Crippen LogP contribution in [-0.4, -0.2) is 0 Å². The van der Waals surface area contributed by atoms with Crippen LogP contribution in [0.3, 0.4) is 0 Å². The largest absolute Gasteiger partial charge is 0.0654 e. The van der Waals surface area contributed by atoms with E-state index in [9.17, 15) is 0 Å². The molecule has 0 spiro atoms. The van der Waals surface area contributed by atoms with Crippen LogP contribution in [0, 0.1) is 11.8 Å². The van der Waals surface area contributed by atoms with Crippen molar-refractivity contribution in [3.05, 3.63) is 48.0 Å². The van der Waals surface area contributed by atoms with E-state index in [0.717, 1.165) is 11.8 Å². The summed E-state index contributed by atoms with van der Waals surface area (Å²) in [7, 11) is 0. The van der Waals surface area contributed by atoms with Crippen LogP contribution >= 0.6 is 0 Å². The molecule has 21 heavy (non-hydrogen) atoms. The van der Waals surface area contributed by atoms with Gasteiger partial charge >= 0.3 is 0 Å². The molecule has 0 heteroatoms. The zero-order chi connectivity index (χ0) is 15.1. The maximum absolute atomic E-state index is 2.39. The summed E-state index contributed by atoms with van der Waals surface area (Å²) in [5, 5.41) is 2.74. The van der Waals surface area contributed by atoms with Gasteiger partial charge in [-0.25, -0.2) is 0 Å². The van der Waals surface area contributed by atoms with Gasteiger partial charge in [0.2, 0.25) is 0 Å². The van der Waals surface area contributed by atoms with E-state index >= 15 is 0 Å². The molecule has 2 aromatic carbocycles. The molecule has 0 aliphatic carbocycles. The molecular formula is C21H30. The SMILES string of the molecule is CCCCC(CCC(C)C)Cc1ccc2ccccc2c1. The van der Waals surface area contributed by atoms with Crippen molar-refractivity contribution in [2.75, 3.05) is 0 Å². The highest BCUT2D eigenvalue weighted by molar-refractivity contribution is 5.82. The summed E-state index contributed by atoms with van der Waals surface area (Å²) < 4.78 is 0. The fourth-order valence-electron chi connectivity index (χ4n) is 3.11. The predicted octanol–water partition coefficient (Wildman–Crippen LogP) is 6.62. The third kappa shape index (κ3) is 5.19. The monoisotopic (exact) mass is 282 g/mol. The van der Waals surface area contributed by atoms with Gasteiger partial charge in [-0.05, 0) is 41.0 Å². The molecule has 0 bridgehead atoms. The summed E-state index contributed by atoms with van der Waals surface area (Å²) >= 11 is 0. The fourth-order valence-corrected chi connectivity index (χ4v) is 3.11. The highest BCUT2D eigenvalue weighted by Crippen LogP contribution is 2.24. The number of rotatable bonds is 8. The molecule has 0 saturated carbocycles. The molecule has 0 aliphatic heterocycles. The number of hydrogen-bond donors (Lipinski definition) is 0. The Morgan fingerprint density at radius 1 is 0.857 bits per heavy atom. The number of unbranched alkanes of at least 4 members (excludes halogenated alkanes) is 1. The molecule has 0 fully saturated rings. The van der Waals surface area contributed by atoms with Crippen molar-refractivity contribution in [2.24, 2.45) is 11.8 Å². The summed E-state index contributed by atoms with van der Waals surface area (Å²) in [5.74, 6) is 1.68. The Bertz CT molecular complexity index is 538. The Hall–Kier alpha value is -1.30. The summed E-state index contributed by atoms with van der Waals surface area (Å²) in [4.78, 5) is 0. The normalized spacial score (nSPS) is 13.0. The van der Waals surface area contributed by atoms with Crippen molar-refractivity contribution < 1.29 is 0 Å². The van der Waals surface area contributed by atoms with Crippen molar-refractivity contribution >= 4 is 10.8 Å². The molecule has 0 N–H and O–H groups in total. The van der Waals surface area contributed by atoms with Gasteiger partial charge in [0.25, 0.3) is 0 Å². The van der Waals surface area contributed by atoms with E-state index in [1.54, 1.807) is 0 Å². The average molecular weight is 282 g/mol. The first-order valence-electron chi connectivity index (χ1n) is 8.66. The lowest BCUT2D eigenvalue weighted by Crippen LogP contribution is -2.06. The highest BCUT2D eigenvalue weighted by Gasteiger charge is 2.11. The number of fused-ring (bicyclic) bond motifs is 1. The molecular weight excluding hydrogens is 252 g/mol. The second kappa shape index (κ2) is 8.22. The van der Waals surface area contributed by atoms with Crippen molar-refractivity contribution in [3.8, 4) is 0 Å². The van der Waals surface area contributed by atoms with E-state index in [1.165, 1.54) is 54.9 Å². The highest BCUT2D eigenvalue weighted by atomic mass is 14.2. The fraction of sp³-hybridized carbons (Fsp3) is 0.524. The zero-order valence-electron chi connectivity index (χ0n) is 13.9. The summed E-state index contributed by atoms with van der Waals surface area (Å²) in [6, 6.07) is 15.7. The van der Waals surface area contributed by atoms with Crippen LogP contribution in [-0.2, 0) is 6.42 Å². The molecule has 0 aliphatic rings. The van der Waals surface area contributed by atoms with Gasteiger partial charge in [0.05, 0.1) is 0 Å². The molecule has 2 aromatic rings. The molecule has 0 radical (unpaired) electrons. The minimum absolute atomic E-state index is 0.825. The zero-order valence-corrected chi connectivity index (χ0v) is 13.9.